The minimum Gasteiger partial charge on any atom is -0.496 e. The molecule has 4 nitrogen and oxygen atoms in total. The molecule has 3 aromatic rings. The van der Waals surface area contributed by atoms with Gasteiger partial charge in [0.25, 0.3) is 0 Å². The Kier molecular flexibility index (Phi) is 3.95. The summed E-state index contributed by atoms with van der Waals surface area (Å²) in [7, 11) is 1.77. The van der Waals surface area contributed by atoms with Crippen molar-refractivity contribution in [2.75, 3.05) is 37.1 Å². The molecular formula is C25H27N3O. The monoisotopic (exact) mass is 385 g/mol. The first-order chi connectivity index (χ1) is 14.3. The van der Waals surface area contributed by atoms with E-state index in [0.717, 1.165) is 31.9 Å². The molecule has 0 aromatic heterocycles. The lowest BCUT2D eigenvalue weighted by Crippen LogP contribution is -2.46. The number of fused-ring (bicyclic) bond motifs is 1. The maximum atomic E-state index is 5.62. The summed E-state index contributed by atoms with van der Waals surface area (Å²) in [5.74, 6) is 0.991. The van der Waals surface area contributed by atoms with Crippen LogP contribution < -0.4 is 15.0 Å². The Morgan fingerprint density at radius 1 is 0.966 bits per heavy atom. The standard InChI is InChI=1S/C25H27N3O/c1-29-24-10-9-17-15-23(19-5-4-6-20(24)25(17)19)27-13-11-18(12-14-27)28-16-26-21-7-2-3-8-22(21)28/h2-10,18,23,26H,11-16H2,1H3. The highest BCUT2D eigenvalue weighted by Gasteiger charge is 2.34. The lowest BCUT2D eigenvalue weighted by molar-refractivity contribution is 0.154. The van der Waals surface area contributed by atoms with Crippen molar-refractivity contribution in [3.8, 4) is 5.75 Å². The molecule has 1 N–H and O–H groups in total. The molecule has 3 aromatic carbocycles. The molecular weight excluding hydrogens is 358 g/mol. The normalized spacial score (nSPS) is 21.4. The molecule has 0 saturated carbocycles. The highest BCUT2D eigenvalue weighted by molar-refractivity contribution is 5.95. The van der Waals surface area contributed by atoms with E-state index in [4.69, 9.17) is 4.74 Å². The third kappa shape index (κ3) is 2.62. The molecule has 6 rings (SSSR count). The van der Waals surface area contributed by atoms with Crippen LogP contribution in [0.15, 0.2) is 54.6 Å². The fraction of sp³-hybridized carbons (Fsp3) is 0.360. The van der Waals surface area contributed by atoms with Crippen LogP contribution in [-0.2, 0) is 6.42 Å². The summed E-state index contributed by atoms with van der Waals surface area (Å²) in [5, 5.41) is 6.24. The van der Waals surface area contributed by atoms with E-state index in [9.17, 15) is 0 Å². The van der Waals surface area contributed by atoms with Crippen LogP contribution in [0.3, 0.4) is 0 Å². The van der Waals surface area contributed by atoms with Gasteiger partial charge in [0, 0.05) is 30.6 Å². The third-order valence-electron chi connectivity index (χ3n) is 7.15. The van der Waals surface area contributed by atoms with Gasteiger partial charge >= 0.3 is 0 Å². The van der Waals surface area contributed by atoms with Gasteiger partial charge in [-0.3, -0.25) is 4.90 Å². The molecule has 148 valence electrons. The number of hydrogen-bond acceptors (Lipinski definition) is 4. The highest BCUT2D eigenvalue weighted by atomic mass is 16.5. The fourth-order valence-electron chi connectivity index (χ4n) is 5.72. The van der Waals surface area contributed by atoms with Gasteiger partial charge in [0.2, 0.25) is 0 Å². The van der Waals surface area contributed by atoms with Gasteiger partial charge in [-0.25, -0.2) is 0 Å². The smallest absolute Gasteiger partial charge is 0.126 e. The second-order valence-corrected chi connectivity index (χ2v) is 8.51. The summed E-state index contributed by atoms with van der Waals surface area (Å²) in [6.45, 7) is 3.27. The first-order valence-electron chi connectivity index (χ1n) is 10.8. The van der Waals surface area contributed by atoms with Gasteiger partial charge in [0.1, 0.15) is 5.75 Å². The van der Waals surface area contributed by atoms with Crippen molar-refractivity contribution in [3.63, 3.8) is 0 Å². The number of piperidine rings is 1. The van der Waals surface area contributed by atoms with Crippen LogP contribution in [0, 0.1) is 0 Å². The molecule has 0 radical (unpaired) electrons. The number of nitrogens with zero attached hydrogens (tertiary/aromatic N) is 2. The predicted molar refractivity (Wildman–Crippen MR) is 119 cm³/mol. The van der Waals surface area contributed by atoms with Crippen LogP contribution in [-0.4, -0.2) is 37.8 Å². The van der Waals surface area contributed by atoms with Gasteiger partial charge in [-0.15, -0.1) is 0 Å². The summed E-state index contributed by atoms with van der Waals surface area (Å²) in [6.07, 6.45) is 3.57. The van der Waals surface area contributed by atoms with Crippen molar-refractivity contribution in [1.82, 2.24) is 4.90 Å². The molecule has 1 saturated heterocycles. The predicted octanol–water partition coefficient (Wildman–Crippen LogP) is 4.80. The number of anilines is 2. The van der Waals surface area contributed by atoms with Crippen molar-refractivity contribution in [2.24, 2.45) is 0 Å². The summed E-state index contributed by atoms with van der Waals surface area (Å²) < 4.78 is 5.62. The molecule has 4 heteroatoms. The van der Waals surface area contributed by atoms with Gasteiger partial charge in [-0.05, 0) is 54.0 Å². The third-order valence-corrected chi connectivity index (χ3v) is 7.15. The molecule has 1 unspecified atom stereocenters. The minimum atomic E-state index is 0.505. The second-order valence-electron chi connectivity index (χ2n) is 8.51. The average Bonchev–Trinajstić information content (AvgIpc) is 3.37. The van der Waals surface area contributed by atoms with Gasteiger partial charge in [-0.2, -0.15) is 0 Å². The molecule has 3 aliphatic rings. The zero-order chi connectivity index (χ0) is 19.4. The van der Waals surface area contributed by atoms with Crippen molar-refractivity contribution in [3.05, 3.63) is 65.7 Å². The van der Waals surface area contributed by atoms with Gasteiger partial charge in [0.15, 0.2) is 0 Å². The maximum Gasteiger partial charge on any atom is 0.126 e. The lowest BCUT2D eigenvalue weighted by atomic mass is 9.98. The Labute approximate surface area is 172 Å². The summed E-state index contributed by atoms with van der Waals surface area (Å²) in [6, 6.07) is 21.0. The first-order valence-corrected chi connectivity index (χ1v) is 10.8. The largest absolute Gasteiger partial charge is 0.496 e. The molecule has 0 bridgehead atoms. The Morgan fingerprint density at radius 3 is 2.69 bits per heavy atom. The van der Waals surface area contributed by atoms with E-state index in [0.29, 0.717) is 12.1 Å². The van der Waals surface area contributed by atoms with E-state index in [-0.39, 0.29) is 0 Å². The Balaban J connectivity index is 1.22. The van der Waals surface area contributed by atoms with Crippen molar-refractivity contribution >= 4 is 22.1 Å². The molecule has 1 atom stereocenters. The van der Waals surface area contributed by atoms with Crippen LogP contribution in [0.1, 0.15) is 30.0 Å². The van der Waals surface area contributed by atoms with E-state index >= 15 is 0 Å². The Morgan fingerprint density at radius 2 is 1.83 bits per heavy atom. The van der Waals surface area contributed by atoms with Gasteiger partial charge < -0.3 is 15.0 Å². The summed E-state index contributed by atoms with van der Waals surface area (Å²) in [4.78, 5) is 5.29. The molecule has 0 amide bonds. The fourth-order valence-corrected chi connectivity index (χ4v) is 5.72. The number of nitrogens with one attached hydrogen (secondary N) is 1. The summed E-state index contributed by atoms with van der Waals surface area (Å²) >= 11 is 0. The lowest BCUT2D eigenvalue weighted by Gasteiger charge is -2.40. The molecule has 2 aliphatic heterocycles. The first kappa shape index (κ1) is 17.2. The van der Waals surface area contributed by atoms with Gasteiger partial charge in [-0.1, -0.05) is 36.4 Å². The van der Waals surface area contributed by atoms with Crippen LogP contribution in [0.5, 0.6) is 5.75 Å². The molecule has 1 fully saturated rings. The van der Waals surface area contributed by atoms with E-state index in [1.165, 1.54) is 46.1 Å². The summed E-state index contributed by atoms with van der Waals surface area (Å²) in [5.41, 5.74) is 5.61. The number of benzene rings is 3. The molecule has 1 aliphatic carbocycles. The minimum absolute atomic E-state index is 0.505. The number of para-hydroxylation sites is 2. The van der Waals surface area contributed by atoms with Crippen LogP contribution in [0.25, 0.3) is 10.8 Å². The Hall–Kier alpha value is -2.72. The number of ether oxygens (including phenoxy) is 1. The van der Waals surface area contributed by atoms with E-state index < -0.39 is 0 Å². The SMILES string of the molecule is COc1ccc2c3c(cccc13)C(N1CCC(N3CNc4ccccc43)CC1)C2. The quantitative estimate of drug-likeness (QED) is 0.701. The van der Waals surface area contributed by atoms with Crippen LogP contribution in [0.2, 0.25) is 0 Å². The van der Waals surface area contributed by atoms with Crippen molar-refractivity contribution in [2.45, 2.75) is 31.3 Å². The van der Waals surface area contributed by atoms with Crippen molar-refractivity contribution in [1.29, 1.82) is 0 Å². The zero-order valence-electron chi connectivity index (χ0n) is 16.9. The number of hydrogen-bond donors (Lipinski definition) is 1. The second kappa shape index (κ2) is 6.67. The molecule has 0 spiro atoms. The molecule has 2 heterocycles. The average molecular weight is 386 g/mol. The zero-order valence-corrected chi connectivity index (χ0v) is 16.9. The molecule has 29 heavy (non-hydrogen) atoms. The van der Waals surface area contributed by atoms with E-state index in [1.54, 1.807) is 7.11 Å². The Bertz CT molecular complexity index is 1070. The van der Waals surface area contributed by atoms with Crippen molar-refractivity contribution < 1.29 is 4.74 Å². The van der Waals surface area contributed by atoms with Gasteiger partial charge in [0.05, 0.1) is 25.2 Å². The number of likely N-dealkylation sites (tertiary alicyclic amines) is 1. The van der Waals surface area contributed by atoms with E-state index in [1.807, 2.05) is 0 Å². The topological polar surface area (TPSA) is 27.7 Å². The van der Waals surface area contributed by atoms with Crippen LogP contribution >= 0.6 is 0 Å². The number of rotatable bonds is 3. The van der Waals surface area contributed by atoms with E-state index in [2.05, 4.69) is 69.7 Å². The number of methoxy groups -OCH3 is 1. The maximum absolute atomic E-state index is 5.62. The van der Waals surface area contributed by atoms with Crippen LogP contribution in [0.4, 0.5) is 11.4 Å². The highest BCUT2D eigenvalue weighted by Crippen LogP contribution is 2.44.